The van der Waals surface area contributed by atoms with Crippen molar-refractivity contribution in [2.24, 2.45) is 0 Å². The molecule has 3 heterocycles. The first-order chi connectivity index (χ1) is 13.2. The summed E-state index contributed by atoms with van der Waals surface area (Å²) in [5.41, 5.74) is 5.24. The molecule has 1 atom stereocenters. The molecule has 1 aromatic heterocycles. The van der Waals surface area contributed by atoms with E-state index in [0.717, 1.165) is 38.4 Å². The summed E-state index contributed by atoms with van der Waals surface area (Å²) < 4.78 is 0. The smallest absolute Gasteiger partial charge is 0.145 e. The normalized spacial score (nSPS) is 21.9. The van der Waals surface area contributed by atoms with Crippen LogP contribution in [-0.2, 0) is 13.0 Å². The minimum atomic E-state index is 0.401. The van der Waals surface area contributed by atoms with Crippen LogP contribution in [0.1, 0.15) is 54.9 Å². The molecule has 0 spiro atoms. The Morgan fingerprint density at radius 1 is 1.19 bits per heavy atom. The van der Waals surface area contributed by atoms with Crippen molar-refractivity contribution >= 4 is 6.08 Å². The van der Waals surface area contributed by atoms with Gasteiger partial charge in [0.1, 0.15) is 5.82 Å². The van der Waals surface area contributed by atoms with E-state index in [9.17, 15) is 0 Å². The van der Waals surface area contributed by atoms with E-state index < -0.39 is 0 Å². The summed E-state index contributed by atoms with van der Waals surface area (Å²) in [6.07, 6.45) is 9.17. The monoisotopic (exact) mass is 362 g/mol. The first-order valence-corrected chi connectivity index (χ1v) is 10.2. The van der Waals surface area contributed by atoms with E-state index >= 15 is 0 Å². The molecule has 0 radical (unpaired) electrons. The lowest BCUT2D eigenvalue weighted by atomic mass is 10.0. The van der Waals surface area contributed by atoms with Gasteiger partial charge < -0.3 is 0 Å². The van der Waals surface area contributed by atoms with Crippen molar-refractivity contribution in [1.82, 2.24) is 19.8 Å². The molecule has 2 aromatic rings. The van der Waals surface area contributed by atoms with Crippen LogP contribution in [0.2, 0.25) is 0 Å². The van der Waals surface area contributed by atoms with Crippen molar-refractivity contribution in [1.29, 1.82) is 0 Å². The number of benzene rings is 1. The fourth-order valence-corrected chi connectivity index (χ4v) is 4.32. The van der Waals surface area contributed by atoms with Crippen LogP contribution in [0.25, 0.3) is 6.08 Å². The van der Waals surface area contributed by atoms with Crippen LogP contribution in [0.3, 0.4) is 0 Å². The highest BCUT2D eigenvalue weighted by Crippen LogP contribution is 2.28. The number of fused-ring (bicyclic) bond motifs is 1. The lowest BCUT2D eigenvalue weighted by Gasteiger charge is -2.33. The van der Waals surface area contributed by atoms with Crippen LogP contribution in [0, 0.1) is 0 Å². The molecule has 0 amide bonds. The van der Waals surface area contributed by atoms with Crippen molar-refractivity contribution in [3.8, 4) is 0 Å². The van der Waals surface area contributed by atoms with Crippen LogP contribution in [0.4, 0.5) is 0 Å². The Balaban J connectivity index is 1.42. The van der Waals surface area contributed by atoms with Gasteiger partial charge in [-0.15, -0.1) is 0 Å². The fourth-order valence-electron chi connectivity index (χ4n) is 4.32. The molecule has 0 saturated carbocycles. The SMILES string of the molecule is CC(=Cc1ccccc1)CN1CCc2nc(C3CCCCN3C)ncc2C1. The van der Waals surface area contributed by atoms with Gasteiger partial charge in [-0.1, -0.05) is 48.4 Å². The van der Waals surface area contributed by atoms with Gasteiger partial charge >= 0.3 is 0 Å². The second-order valence-corrected chi connectivity index (χ2v) is 8.05. The van der Waals surface area contributed by atoms with E-state index in [2.05, 4.69) is 66.4 Å². The maximum atomic E-state index is 4.97. The van der Waals surface area contributed by atoms with E-state index in [0.29, 0.717) is 6.04 Å². The zero-order chi connectivity index (χ0) is 18.6. The number of rotatable bonds is 4. The summed E-state index contributed by atoms with van der Waals surface area (Å²) >= 11 is 0. The maximum Gasteiger partial charge on any atom is 0.145 e. The average Bonchev–Trinajstić information content (AvgIpc) is 2.69. The molecule has 2 aliphatic rings. The highest BCUT2D eigenvalue weighted by Gasteiger charge is 2.25. The predicted molar refractivity (Wildman–Crippen MR) is 110 cm³/mol. The van der Waals surface area contributed by atoms with Gasteiger partial charge in [-0.2, -0.15) is 0 Å². The van der Waals surface area contributed by atoms with E-state index in [4.69, 9.17) is 9.97 Å². The van der Waals surface area contributed by atoms with Gasteiger partial charge in [0.25, 0.3) is 0 Å². The highest BCUT2D eigenvalue weighted by atomic mass is 15.2. The van der Waals surface area contributed by atoms with Crippen molar-refractivity contribution in [2.75, 3.05) is 26.7 Å². The molecule has 2 aliphatic heterocycles. The Labute approximate surface area is 162 Å². The standard InChI is InChI=1S/C23H30N4/c1-18(14-19-8-4-3-5-9-19)16-27-13-11-21-20(17-27)15-24-23(25-21)22-10-6-7-12-26(22)2/h3-5,8-9,14-15,22H,6-7,10-13,16-17H2,1-2H3. The van der Waals surface area contributed by atoms with Crippen molar-refractivity contribution in [2.45, 2.75) is 45.2 Å². The van der Waals surface area contributed by atoms with E-state index in [1.165, 1.54) is 41.7 Å². The van der Waals surface area contributed by atoms with E-state index in [-0.39, 0.29) is 0 Å². The van der Waals surface area contributed by atoms with Crippen molar-refractivity contribution in [3.05, 3.63) is 64.7 Å². The number of aromatic nitrogens is 2. The molecular weight excluding hydrogens is 332 g/mol. The average molecular weight is 363 g/mol. The van der Waals surface area contributed by atoms with Gasteiger partial charge in [-0.25, -0.2) is 9.97 Å². The Morgan fingerprint density at radius 2 is 2.04 bits per heavy atom. The van der Waals surface area contributed by atoms with Crippen molar-refractivity contribution < 1.29 is 0 Å². The zero-order valence-corrected chi connectivity index (χ0v) is 16.6. The summed E-state index contributed by atoms with van der Waals surface area (Å²) in [5.74, 6) is 1.03. The van der Waals surface area contributed by atoms with E-state index in [1.54, 1.807) is 0 Å². The van der Waals surface area contributed by atoms with E-state index in [1.807, 2.05) is 0 Å². The summed E-state index contributed by atoms with van der Waals surface area (Å²) in [5, 5.41) is 0. The Morgan fingerprint density at radius 3 is 2.85 bits per heavy atom. The third-order valence-corrected chi connectivity index (χ3v) is 5.79. The molecule has 0 bridgehead atoms. The van der Waals surface area contributed by atoms with Gasteiger partial charge in [0.15, 0.2) is 0 Å². The topological polar surface area (TPSA) is 32.3 Å². The van der Waals surface area contributed by atoms with Gasteiger partial charge in [0.05, 0.1) is 6.04 Å². The zero-order valence-electron chi connectivity index (χ0n) is 16.6. The molecule has 1 fully saturated rings. The third-order valence-electron chi connectivity index (χ3n) is 5.79. The summed E-state index contributed by atoms with van der Waals surface area (Å²) in [6, 6.07) is 11.0. The van der Waals surface area contributed by atoms with Crippen molar-refractivity contribution in [3.63, 3.8) is 0 Å². The molecule has 0 N–H and O–H groups in total. The summed E-state index contributed by atoms with van der Waals surface area (Å²) in [7, 11) is 2.20. The second-order valence-electron chi connectivity index (χ2n) is 8.05. The predicted octanol–water partition coefficient (Wildman–Crippen LogP) is 4.10. The van der Waals surface area contributed by atoms with Crippen LogP contribution in [-0.4, -0.2) is 46.4 Å². The lowest BCUT2D eigenvalue weighted by molar-refractivity contribution is 0.178. The number of likely N-dealkylation sites (tertiary alicyclic amines) is 1. The van der Waals surface area contributed by atoms with Crippen LogP contribution in [0.15, 0.2) is 42.1 Å². The van der Waals surface area contributed by atoms with Crippen LogP contribution in [0.5, 0.6) is 0 Å². The molecule has 0 aliphatic carbocycles. The van der Waals surface area contributed by atoms with Crippen LogP contribution >= 0.6 is 0 Å². The van der Waals surface area contributed by atoms with Gasteiger partial charge in [0, 0.05) is 43.5 Å². The number of hydrogen-bond acceptors (Lipinski definition) is 4. The molecule has 4 nitrogen and oxygen atoms in total. The number of piperidine rings is 1. The first-order valence-electron chi connectivity index (χ1n) is 10.2. The molecule has 27 heavy (non-hydrogen) atoms. The Kier molecular flexibility index (Phi) is 5.65. The Bertz CT molecular complexity index is 799. The van der Waals surface area contributed by atoms with Gasteiger partial charge in [-0.05, 0) is 38.9 Å². The molecule has 1 unspecified atom stereocenters. The number of hydrogen-bond donors (Lipinski definition) is 0. The highest BCUT2D eigenvalue weighted by molar-refractivity contribution is 5.52. The second kappa shape index (κ2) is 8.32. The fraction of sp³-hybridized carbons (Fsp3) is 0.478. The third kappa shape index (κ3) is 4.45. The Hall–Kier alpha value is -2.04. The summed E-state index contributed by atoms with van der Waals surface area (Å²) in [4.78, 5) is 14.6. The molecule has 4 heteroatoms. The largest absolute Gasteiger partial charge is 0.296 e. The maximum absolute atomic E-state index is 4.97. The molecular formula is C23H30N4. The minimum absolute atomic E-state index is 0.401. The molecule has 4 rings (SSSR count). The molecule has 142 valence electrons. The summed E-state index contributed by atoms with van der Waals surface area (Å²) in [6.45, 7) is 6.41. The van der Waals surface area contributed by atoms with Gasteiger partial charge in [-0.3, -0.25) is 9.80 Å². The molecule has 1 aromatic carbocycles. The number of nitrogens with zero attached hydrogens (tertiary/aromatic N) is 4. The first kappa shape index (κ1) is 18.3. The van der Waals surface area contributed by atoms with Crippen LogP contribution < -0.4 is 0 Å². The lowest BCUT2D eigenvalue weighted by Crippen LogP contribution is -2.34. The quantitative estimate of drug-likeness (QED) is 0.820. The molecule has 1 saturated heterocycles. The van der Waals surface area contributed by atoms with Gasteiger partial charge in [0.2, 0.25) is 0 Å². The minimum Gasteiger partial charge on any atom is -0.296 e.